The highest BCUT2D eigenvalue weighted by molar-refractivity contribution is 9.10. The summed E-state index contributed by atoms with van der Waals surface area (Å²) in [6.45, 7) is 5.70. The fourth-order valence-electron chi connectivity index (χ4n) is 3.54. The number of carbonyl (C=O) groups excluding carboxylic acids is 1. The Morgan fingerprint density at radius 3 is 2.62 bits per heavy atom. The molecule has 1 atom stereocenters. The summed E-state index contributed by atoms with van der Waals surface area (Å²) in [6, 6.07) is 7.44. The van der Waals surface area contributed by atoms with E-state index in [1.807, 2.05) is 49.6 Å². The van der Waals surface area contributed by atoms with Crippen molar-refractivity contribution in [3.63, 3.8) is 0 Å². The number of hydrogen-bond acceptors (Lipinski definition) is 4. The molecule has 0 saturated carbocycles. The smallest absolute Gasteiger partial charge is 0.202 e. The molecule has 140 valence electrons. The van der Waals surface area contributed by atoms with E-state index in [2.05, 4.69) is 15.9 Å². The molecular formula is C19H22BrNO4S. The topological polar surface area (TPSA) is 65.4 Å². The molecule has 1 saturated heterocycles. The number of nitrogens with zero attached hydrogens (tertiary/aromatic N) is 1. The van der Waals surface area contributed by atoms with E-state index in [0.717, 1.165) is 21.4 Å². The van der Waals surface area contributed by atoms with Crippen LogP contribution < -0.4 is 4.74 Å². The minimum absolute atomic E-state index is 0.0606. The minimum atomic E-state index is -2.98. The van der Waals surface area contributed by atoms with Gasteiger partial charge in [0.15, 0.2) is 16.4 Å². The quantitative estimate of drug-likeness (QED) is 0.664. The molecule has 1 aromatic carbocycles. The second-order valence-corrected chi connectivity index (χ2v) is 9.94. The number of ether oxygens (including phenoxy) is 1. The van der Waals surface area contributed by atoms with Gasteiger partial charge in [0.05, 0.1) is 16.0 Å². The number of halogens is 1. The first-order valence-electron chi connectivity index (χ1n) is 8.49. The van der Waals surface area contributed by atoms with E-state index in [9.17, 15) is 13.2 Å². The fourth-order valence-corrected chi connectivity index (χ4v) is 5.85. The van der Waals surface area contributed by atoms with Crippen LogP contribution in [-0.2, 0) is 9.84 Å². The molecule has 0 N–H and O–H groups in total. The van der Waals surface area contributed by atoms with Crippen LogP contribution in [0.4, 0.5) is 0 Å². The molecular weight excluding hydrogens is 418 g/mol. The third-order valence-electron chi connectivity index (χ3n) is 4.80. The van der Waals surface area contributed by atoms with Crippen molar-refractivity contribution in [1.29, 1.82) is 0 Å². The van der Waals surface area contributed by atoms with Gasteiger partial charge in [0, 0.05) is 23.0 Å². The lowest BCUT2D eigenvalue weighted by Crippen LogP contribution is -2.16. The first kappa shape index (κ1) is 19.2. The Labute approximate surface area is 162 Å². The van der Waals surface area contributed by atoms with Gasteiger partial charge in [0.1, 0.15) is 5.75 Å². The Morgan fingerprint density at radius 1 is 1.27 bits per heavy atom. The number of carbonyl (C=O) groups is 1. The molecule has 0 spiro atoms. The summed E-state index contributed by atoms with van der Waals surface area (Å²) in [5, 5.41) is 0. The van der Waals surface area contributed by atoms with Crippen LogP contribution in [0.15, 0.2) is 28.7 Å². The Morgan fingerprint density at radius 2 is 2.00 bits per heavy atom. The van der Waals surface area contributed by atoms with Crippen molar-refractivity contribution in [2.45, 2.75) is 33.2 Å². The SMILES string of the molecule is Cc1ccc(OCC(=O)c2cc(C)n([C@@H]3CCS(=O)(=O)C3)c2C)c(Br)c1. The van der Waals surface area contributed by atoms with Gasteiger partial charge in [-0.05, 0) is 66.9 Å². The molecule has 5 nitrogen and oxygen atoms in total. The van der Waals surface area contributed by atoms with Gasteiger partial charge in [-0.25, -0.2) is 8.42 Å². The molecule has 0 amide bonds. The monoisotopic (exact) mass is 439 g/mol. The van der Waals surface area contributed by atoms with Gasteiger partial charge in [-0.2, -0.15) is 0 Å². The summed E-state index contributed by atoms with van der Waals surface area (Å²) in [6.07, 6.45) is 0.596. The van der Waals surface area contributed by atoms with Gasteiger partial charge >= 0.3 is 0 Å². The van der Waals surface area contributed by atoms with E-state index in [4.69, 9.17) is 4.74 Å². The maximum atomic E-state index is 12.7. The van der Waals surface area contributed by atoms with Crippen molar-refractivity contribution >= 4 is 31.6 Å². The van der Waals surface area contributed by atoms with Crippen LogP contribution in [0.5, 0.6) is 5.75 Å². The van der Waals surface area contributed by atoms with Gasteiger partial charge in [-0.3, -0.25) is 4.79 Å². The largest absolute Gasteiger partial charge is 0.484 e. The first-order valence-corrected chi connectivity index (χ1v) is 11.1. The van der Waals surface area contributed by atoms with Gasteiger partial charge in [-0.15, -0.1) is 0 Å². The summed E-state index contributed by atoms with van der Waals surface area (Å²) in [5.41, 5.74) is 3.41. The van der Waals surface area contributed by atoms with Gasteiger partial charge in [0.25, 0.3) is 0 Å². The minimum Gasteiger partial charge on any atom is -0.484 e. The Kier molecular flexibility index (Phi) is 5.30. The van der Waals surface area contributed by atoms with Crippen molar-refractivity contribution in [2.75, 3.05) is 18.1 Å². The maximum absolute atomic E-state index is 12.7. The summed E-state index contributed by atoms with van der Waals surface area (Å²) >= 11 is 3.44. The molecule has 26 heavy (non-hydrogen) atoms. The average molecular weight is 440 g/mol. The highest BCUT2D eigenvalue weighted by Crippen LogP contribution is 2.30. The molecule has 2 aromatic rings. The van der Waals surface area contributed by atoms with Crippen LogP contribution in [0, 0.1) is 20.8 Å². The number of rotatable bonds is 5. The van der Waals surface area contributed by atoms with Crippen LogP contribution in [-0.4, -0.2) is 36.9 Å². The molecule has 7 heteroatoms. The van der Waals surface area contributed by atoms with Crippen molar-refractivity contribution in [3.05, 3.63) is 51.3 Å². The second kappa shape index (κ2) is 7.19. The van der Waals surface area contributed by atoms with E-state index in [1.165, 1.54) is 0 Å². The normalized spacial score (nSPS) is 18.8. The van der Waals surface area contributed by atoms with Crippen LogP contribution in [0.2, 0.25) is 0 Å². The molecule has 0 radical (unpaired) electrons. The average Bonchev–Trinajstić information content (AvgIpc) is 3.05. The predicted molar refractivity (Wildman–Crippen MR) is 105 cm³/mol. The van der Waals surface area contributed by atoms with Crippen LogP contribution >= 0.6 is 15.9 Å². The van der Waals surface area contributed by atoms with E-state index in [0.29, 0.717) is 17.7 Å². The second-order valence-electron chi connectivity index (χ2n) is 6.86. The Hall–Kier alpha value is -1.60. The van der Waals surface area contributed by atoms with E-state index >= 15 is 0 Å². The lowest BCUT2D eigenvalue weighted by molar-refractivity contribution is 0.0920. The number of aryl methyl sites for hydroxylation is 2. The molecule has 0 unspecified atom stereocenters. The van der Waals surface area contributed by atoms with E-state index < -0.39 is 9.84 Å². The van der Waals surface area contributed by atoms with Gasteiger partial charge in [-0.1, -0.05) is 6.07 Å². The zero-order valence-electron chi connectivity index (χ0n) is 15.1. The summed E-state index contributed by atoms with van der Waals surface area (Å²) in [4.78, 5) is 12.7. The zero-order chi connectivity index (χ0) is 19.1. The highest BCUT2D eigenvalue weighted by Gasteiger charge is 2.31. The number of sulfone groups is 1. The molecule has 0 aliphatic carbocycles. The van der Waals surface area contributed by atoms with Gasteiger partial charge < -0.3 is 9.30 Å². The molecule has 2 heterocycles. The first-order chi connectivity index (χ1) is 12.2. The number of hydrogen-bond donors (Lipinski definition) is 0. The van der Waals surface area contributed by atoms with Crippen molar-refractivity contribution in [2.24, 2.45) is 0 Å². The molecule has 1 aromatic heterocycles. The van der Waals surface area contributed by atoms with Crippen LogP contribution in [0.1, 0.15) is 39.8 Å². The Balaban J connectivity index is 1.77. The number of Topliss-reactive ketones (excluding diaryl/α,β-unsaturated/α-hetero) is 1. The van der Waals surface area contributed by atoms with Crippen molar-refractivity contribution in [1.82, 2.24) is 4.57 Å². The van der Waals surface area contributed by atoms with Crippen molar-refractivity contribution < 1.29 is 17.9 Å². The number of aromatic nitrogens is 1. The molecule has 0 bridgehead atoms. The standard InChI is InChI=1S/C19H22BrNO4S/c1-12-4-5-19(17(20)8-12)25-10-18(22)16-9-13(2)21(14(16)3)15-6-7-26(23,24)11-15/h4-5,8-9,15H,6-7,10-11H2,1-3H3/t15-/m1/s1. The number of ketones is 1. The highest BCUT2D eigenvalue weighted by atomic mass is 79.9. The van der Waals surface area contributed by atoms with Gasteiger partial charge in [0.2, 0.25) is 5.78 Å². The van der Waals surface area contributed by atoms with Crippen molar-refractivity contribution in [3.8, 4) is 5.75 Å². The van der Waals surface area contributed by atoms with Crippen LogP contribution in [0.25, 0.3) is 0 Å². The Bertz CT molecular complexity index is 962. The van der Waals surface area contributed by atoms with Crippen LogP contribution in [0.3, 0.4) is 0 Å². The lowest BCUT2D eigenvalue weighted by Gasteiger charge is -2.16. The third kappa shape index (κ3) is 3.88. The lowest BCUT2D eigenvalue weighted by atomic mass is 10.1. The molecule has 3 rings (SSSR count). The fraction of sp³-hybridized carbons (Fsp3) is 0.421. The van der Waals surface area contributed by atoms with E-state index in [-0.39, 0.29) is 29.9 Å². The maximum Gasteiger partial charge on any atom is 0.202 e. The molecule has 1 aliphatic heterocycles. The molecule has 1 aliphatic rings. The third-order valence-corrected chi connectivity index (χ3v) is 7.17. The zero-order valence-corrected chi connectivity index (χ0v) is 17.5. The molecule has 1 fully saturated rings. The summed E-state index contributed by atoms with van der Waals surface area (Å²) in [5.74, 6) is 0.865. The summed E-state index contributed by atoms with van der Waals surface area (Å²) in [7, 11) is -2.98. The van der Waals surface area contributed by atoms with E-state index in [1.54, 1.807) is 0 Å². The predicted octanol–water partition coefficient (Wildman–Crippen LogP) is 3.80. The summed E-state index contributed by atoms with van der Waals surface area (Å²) < 4.78 is 32.0. The number of benzene rings is 1.